The molecule has 0 fully saturated rings. The molecule has 4 aromatic heterocycles. The Morgan fingerprint density at radius 2 is 1.85 bits per heavy atom. The van der Waals surface area contributed by atoms with Crippen LogP contribution in [0.4, 0.5) is 14.6 Å². The van der Waals surface area contributed by atoms with Gasteiger partial charge in [-0.2, -0.15) is 4.52 Å². The molecule has 6 rings (SSSR count). The summed E-state index contributed by atoms with van der Waals surface area (Å²) in [7, 11) is 1.52. The van der Waals surface area contributed by atoms with Gasteiger partial charge in [0, 0.05) is 17.3 Å². The van der Waals surface area contributed by atoms with Crippen LogP contribution in [0.2, 0.25) is 5.02 Å². The number of amides is 1. The lowest BCUT2D eigenvalue weighted by Gasteiger charge is -2.28. The molecule has 40 heavy (non-hydrogen) atoms. The van der Waals surface area contributed by atoms with E-state index in [0.29, 0.717) is 33.5 Å². The Kier molecular flexibility index (Phi) is 6.21. The van der Waals surface area contributed by atoms with Crippen molar-refractivity contribution in [1.29, 1.82) is 0 Å². The minimum atomic E-state index is -2.90. The second kappa shape index (κ2) is 9.63. The van der Waals surface area contributed by atoms with Crippen LogP contribution >= 0.6 is 11.6 Å². The van der Waals surface area contributed by atoms with Crippen LogP contribution in [-0.2, 0) is 0 Å². The molecule has 0 spiro atoms. The lowest BCUT2D eigenvalue weighted by atomic mass is 10.0. The molecule has 1 aromatic carbocycles. The largest absolute Gasteiger partial charge is 0.480 e. The third kappa shape index (κ3) is 3.89. The number of nitrogens with zero attached hydrogens (tertiary/aromatic N) is 8. The smallest absolute Gasteiger partial charge is 0.299 e. The standard InChI is InChI=1S/C27H23ClF2N8O2/c1-13(2)36-21-19(32-24(36)17-6-5-11-31-26(17)40-4)27(39)37(20(21)15-7-9-16(28)10-8-15)18-12-14(3)23-33-34-25(22(29)30)38(23)35-18/h5-13,20,22H,1-4H3. The number of carbonyl (C=O) groups is 1. The molecule has 0 bridgehead atoms. The van der Waals surface area contributed by atoms with Gasteiger partial charge in [-0.1, -0.05) is 23.7 Å². The summed E-state index contributed by atoms with van der Waals surface area (Å²) in [6, 6.07) is 11.5. The Bertz CT molecular complexity index is 1770. The number of hydrogen-bond acceptors (Lipinski definition) is 7. The summed E-state index contributed by atoms with van der Waals surface area (Å²) in [5.74, 6) is 0.00960. The van der Waals surface area contributed by atoms with Crippen LogP contribution in [0.1, 0.15) is 65.5 Å². The molecule has 1 amide bonds. The summed E-state index contributed by atoms with van der Waals surface area (Å²) in [4.78, 5) is 24.8. The Hall–Kier alpha value is -4.45. The number of anilines is 1. The van der Waals surface area contributed by atoms with Crippen molar-refractivity contribution < 1.29 is 18.3 Å². The molecular formula is C27H23ClF2N8O2. The Morgan fingerprint density at radius 3 is 2.52 bits per heavy atom. The average molecular weight is 565 g/mol. The summed E-state index contributed by atoms with van der Waals surface area (Å²) >= 11 is 6.20. The molecule has 0 N–H and O–H groups in total. The number of rotatable bonds is 6. The van der Waals surface area contributed by atoms with Crippen molar-refractivity contribution in [3.8, 4) is 17.3 Å². The number of pyridine rings is 1. The number of ether oxygens (including phenoxy) is 1. The highest BCUT2D eigenvalue weighted by molar-refractivity contribution is 6.30. The fraction of sp³-hybridized carbons (Fsp3) is 0.259. The van der Waals surface area contributed by atoms with Gasteiger partial charge in [-0.25, -0.2) is 18.7 Å². The van der Waals surface area contributed by atoms with Crippen LogP contribution in [0.3, 0.4) is 0 Å². The molecule has 5 aromatic rings. The van der Waals surface area contributed by atoms with Crippen LogP contribution in [0.25, 0.3) is 17.0 Å². The molecule has 1 atom stereocenters. The highest BCUT2D eigenvalue weighted by atomic mass is 35.5. The summed E-state index contributed by atoms with van der Waals surface area (Å²) in [6.45, 7) is 5.68. The second-order valence-corrected chi connectivity index (χ2v) is 10.0. The van der Waals surface area contributed by atoms with Crippen molar-refractivity contribution in [1.82, 2.24) is 34.3 Å². The van der Waals surface area contributed by atoms with E-state index in [1.54, 1.807) is 37.4 Å². The van der Waals surface area contributed by atoms with E-state index in [0.717, 1.165) is 10.1 Å². The number of benzene rings is 1. The predicted octanol–water partition coefficient (Wildman–Crippen LogP) is 5.62. The summed E-state index contributed by atoms with van der Waals surface area (Å²) in [6.07, 6.45) is -1.29. The predicted molar refractivity (Wildman–Crippen MR) is 143 cm³/mol. The van der Waals surface area contributed by atoms with Crippen LogP contribution < -0.4 is 9.64 Å². The zero-order valence-corrected chi connectivity index (χ0v) is 22.6. The number of carbonyl (C=O) groups excluding carboxylic acids is 1. The van der Waals surface area contributed by atoms with E-state index in [1.807, 2.05) is 36.6 Å². The Morgan fingerprint density at radius 1 is 1.10 bits per heavy atom. The molecule has 0 saturated heterocycles. The van der Waals surface area contributed by atoms with Gasteiger partial charge in [0.2, 0.25) is 11.7 Å². The summed E-state index contributed by atoms with van der Waals surface area (Å²) < 4.78 is 35.9. The van der Waals surface area contributed by atoms with Gasteiger partial charge in [-0.05, 0) is 62.2 Å². The molecule has 1 aliphatic rings. The van der Waals surface area contributed by atoms with Crippen LogP contribution in [0.5, 0.6) is 5.88 Å². The van der Waals surface area contributed by atoms with Crippen molar-refractivity contribution in [2.45, 2.75) is 39.3 Å². The van der Waals surface area contributed by atoms with E-state index >= 15 is 0 Å². The topological polar surface area (TPSA) is 103 Å². The van der Waals surface area contributed by atoms with E-state index in [1.165, 1.54) is 12.0 Å². The molecule has 1 unspecified atom stereocenters. The number of fused-ring (bicyclic) bond motifs is 2. The van der Waals surface area contributed by atoms with Crippen molar-refractivity contribution in [2.24, 2.45) is 0 Å². The second-order valence-electron chi connectivity index (χ2n) is 9.60. The lowest BCUT2D eigenvalue weighted by Crippen LogP contribution is -2.31. The van der Waals surface area contributed by atoms with E-state index in [2.05, 4.69) is 20.3 Å². The summed E-state index contributed by atoms with van der Waals surface area (Å²) in [5.41, 5.74) is 2.92. The first kappa shape index (κ1) is 25.8. The van der Waals surface area contributed by atoms with Gasteiger partial charge in [0.15, 0.2) is 17.2 Å². The minimum Gasteiger partial charge on any atom is -0.480 e. The molecule has 5 heterocycles. The van der Waals surface area contributed by atoms with Crippen molar-refractivity contribution in [2.75, 3.05) is 12.0 Å². The van der Waals surface area contributed by atoms with Crippen molar-refractivity contribution in [3.63, 3.8) is 0 Å². The fourth-order valence-corrected chi connectivity index (χ4v) is 5.25. The minimum absolute atomic E-state index is 0.126. The SMILES string of the molecule is COc1ncccc1-c1nc2c(n1C(C)C)C(c1ccc(Cl)cc1)N(c1cc(C)c3nnc(C(F)F)n3n1)C2=O. The maximum Gasteiger partial charge on any atom is 0.299 e. The number of imidazole rings is 1. The molecule has 0 saturated carbocycles. The number of hydrogen-bond donors (Lipinski definition) is 0. The highest BCUT2D eigenvalue weighted by Crippen LogP contribution is 2.45. The molecule has 13 heteroatoms. The molecule has 0 aliphatic carbocycles. The summed E-state index contributed by atoms with van der Waals surface area (Å²) in [5, 5.41) is 12.4. The van der Waals surface area contributed by atoms with Crippen LogP contribution in [0.15, 0.2) is 48.7 Å². The normalized spacial score (nSPS) is 15.1. The third-order valence-corrected chi connectivity index (χ3v) is 7.05. The first-order valence-corrected chi connectivity index (χ1v) is 12.8. The lowest BCUT2D eigenvalue weighted by molar-refractivity contribution is 0.0988. The third-order valence-electron chi connectivity index (χ3n) is 6.80. The number of aryl methyl sites for hydroxylation is 1. The first-order chi connectivity index (χ1) is 19.2. The number of aromatic nitrogens is 7. The van der Waals surface area contributed by atoms with E-state index < -0.39 is 24.2 Å². The quantitative estimate of drug-likeness (QED) is 0.263. The first-order valence-electron chi connectivity index (χ1n) is 12.4. The highest BCUT2D eigenvalue weighted by Gasteiger charge is 2.46. The van der Waals surface area contributed by atoms with Crippen molar-refractivity contribution in [3.05, 3.63) is 82.0 Å². The molecule has 204 valence electrons. The van der Waals surface area contributed by atoms with Crippen LogP contribution in [-0.4, -0.2) is 47.4 Å². The Balaban J connectivity index is 1.62. The zero-order valence-electron chi connectivity index (χ0n) is 21.9. The monoisotopic (exact) mass is 564 g/mol. The van der Waals surface area contributed by atoms with E-state index in [-0.39, 0.29) is 23.2 Å². The molecular weight excluding hydrogens is 542 g/mol. The van der Waals surface area contributed by atoms with Gasteiger partial charge in [0.05, 0.1) is 18.4 Å². The van der Waals surface area contributed by atoms with Gasteiger partial charge < -0.3 is 9.30 Å². The Labute approximate surface area is 232 Å². The zero-order chi connectivity index (χ0) is 28.3. The number of alkyl halides is 2. The maximum atomic E-state index is 14.2. The van der Waals surface area contributed by atoms with Gasteiger partial charge in [-0.3, -0.25) is 9.69 Å². The number of methoxy groups -OCH3 is 1. The maximum absolute atomic E-state index is 14.2. The van der Waals surface area contributed by atoms with Crippen molar-refractivity contribution >= 4 is 29.0 Å². The van der Waals surface area contributed by atoms with Gasteiger partial charge >= 0.3 is 0 Å². The van der Waals surface area contributed by atoms with Gasteiger partial charge in [0.25, 0.3) is 12.3 Å². The van der Waals surface area contributed by atoms with Gasteiger partial charge in [0.1, 0.15) is 11.9 Å². The van der Waals surface area contributed by atoms with Gasteiger partial charge in [-0.15, -0.1) is 15.3 Å². The molecule has 0 radical (unpaired) electrons. The molecule has 10 nitrogen and oxygen atoms in total. The van der Waals surface area contributed by atoms with E-state index in [4.69, 9.17) is 21.3 Å². The average Bonchev–Trinajstić information content (AvgIpc) is 3.61. The fourth-order valence-electron chi connectivity index (χ4n) is 5.12. The van der Waals surface area contributed by atoms with Crippen LogP contribution in [0, 0.1) is 6.92 Å². The van der Waals surface area contributed by atoms with E-state index in [9.17, 15) is 13.6 Å². The number of halogens is 3. The molecule has 1 aliphatic heterocycles.